The van der Waals surface area contributed by atoms with Crippen molar-refractivity contribution in [3.05, 3.63) is 0 Å². The zero-order valence-corrected chi connectivity index (χ0v) is 15.6. The van der Waals surface area contributed by atoms with E-state index >= 15 is 0 Å². The fourth-order valence-corrected chi connectivity index (χ4v) is 3.92. The highest BCUT2D eigenvalue weighted by Gasteiger charge is 2.32. The van der Waals surface area contributed by atoms with Gasteiger partial charge >= 0.3 is 5.97 Å². The molecule has 0 aromatic carbocycles. The Morgan fingerprint density at radius 1 is 0.818 bits per heavy atom. The van der Waals surface area contributed by atoms with Gasteiger partial charge in [0.1, 0.15) is 0 Å². The summed E-state index contributed by atoms with van der Waals surface area (Å²) in [5.74, 6) is -0.0644. The zero-order chi connectivity index (χ0) is 16.0. The molecule has 0 spiro atoms. The van der Waals surface area contributed by atoms with Crippen LogP contribution < -0.4 is 0 Å². The minimum absolute atomic E-state index is 0.0644. The van der Waals surface area contributed by atoms with Gasteiger partial charge in [0.15, 0.2) is 0 Å². The minimum Gasteiger partial charge on any atom is -0.469 e. The van der Waals surface area contributed by atoms with Crippen LogP contribution in [-0.2, 0) is 9.53 Å². The lowest BCUT2D eigenvalue weighted by Gasteiger charge is -2.03. The van der Waals surface area contributed by atoms with Gasteiger partial charge in [-0.2, -0.15) is 11.8 Å². The van der Waals surface area contributed by atoms with Gasteiger partial charge in [0.05, 0.1) is 7.11 Å². The van der Waals surface area contributed by atoms with Crippen molar-refractivity contribution in [1.82, 2.24) is 0 Å². The van der Waals surface area contributed by atoms with Crippen LogP contribution in [0.1, 0.15) is 96.8 Å². The molecule has 2 nitrogen and oxygen atoms in total. The predicted molar refractivity (Wildman–Crippen MR) is 97.5 cm³/mol. The quantitative estimate of drug-likeness (QED) is 0.206. The van der Waals surface area contributed by atoms with Crippen molar-refractivity contribution in [2.75, 3.05) is 7.11 Å². The van der Waals surface area contributed by atoms with Crippen LogP contribution in [0.2, 0.25) is 0 Å². The van der Waals surface area contributed by atoms with Crippen molar-refractivity contribution in [2.24, 2.45) is 0 Å². The molecule has 1 aliphatic heterocycles. The van der Waals surface area contributed by atoms with Gasteiger partial charge in [0.25, 0.3) is 0 Å². The summed E-state index contributed by atoms with van der Waals surface area (Å²) in [7, 11) is 1.47. The molecular weight excluding hydrogens is 292 g/mol. The fraction of sp³-hybridized carbons (Fsp3) is 0.947. The summed E-state index contributed by atoms with van der Waals surface area (Å²) in [6.07, 6.45) is 18.2. The molecule has 1 fully saturated rings. The highest BCUT2D eigenvalue weighted by Crippen LogP contribution is 2.43. The molecule has 22 heavy (non-hydrogen) atoms. The third kappa shape index (κ3) is 11.4. The Morgan fingerprint density at radius 2 is 1.23 bits per heavy atom. The monoisotopic (exact) mass is 328 g/mol. The maximum absolute atomic E-state index is 10.9. The van der Waals surface area contributed by atoms with E-state index in [0.29, 0.717) is 6.42 Å². The van der Waals surface area contributed by atoms with Gasteiger partial charge in [-0.3, -0.25) is 4.79 Å². The Bertz CT molecular complexity index is 281. The molecule has 1 aliphatic rings. The third-order valence-corrected chi connectivity index (χ3v) is 6.12. The van der Waals surface area contributed by atoms with Crippen LogP contribution in [0.4, 0.5) is 0 Å². The van der Waals surface area contributed by atoms with E-state index in [9.17, 15) is 4.79 Å². The average Bonchev–Trinajstić information content (AvgIpc) is 3.22. The second-order valence-electron chi connectivity index (χ2n) is 6.74. The van der Waals surface area contributed by atoms with Crippen LogP contribution in [0, 0.1) is 0 Å². The summed E-state index contributed by atoms with van der Waals surface area (Å²) in [6, 6.07) is 0. The standard InChI is InChI=1S/C19H36O2S/c1-17-18(22-17)15-13-11-9-7-5-3-4-6-8-10-12-14-16-19(20)21-2/h17-18H,3-16H2,1-2H3. The number of hydrogen-bond acceptors (Lipinski definition) is 3. The molecule has 2 atom stereocenters. The average molecular weight is 329 g/mol. The van der Waals surface area contributed by atoms with Crippen molar-refractivity contribution in [2.45, 2.75) is 107 Å². The maximum atomic E-state index is 10.9. The topological polar surface area (TPSA) is 26.3 Å². The third-order valence-electron chi connectivity index (χ3n) is 4.68. The molecule has 0 saturated carbocycles. The van der Waals surface area contributed by atoms with Crippen LogP contribution in [-0.4, -0.2) is 23.6 Å². The van der Waals surface area contributed by atoms with Gasteiger partial charge in [-0.05, 0) is 12.8 Å². The fourth-order valence-electron chi connectivity index (χ4n) is 3.02. The lowest BCUT2D eigenvalue weighted by Crippen LogP contribution is -1.99. The van der Waals surface area contributed by atoms with Crippen molar-refractivity contribution in [3.8, 4) is 0 Å². The van der Waals surface area contributed by atoms with Gasteiger partial charge < -0.3 is 4.74 Å². The van der Waals surface area contributed by atoms with E-state index in [2.05, 4.69) is 23.4 Å². The zero-order valence-electron chi connectivity index (χ0n) is 14.8. The second-order valence-corrected chi connectivity index (χ2v) is 8.36. The van der Waals surface area contributed by atoms with E-state index in [1.165, 1.54) is 84.2 Å². The van der Waals surface area contributed by atoms with E-state index in [0.717, 1.165) is 16.9 Å². The van der Waals surface area contributed by atoms with Gasteiger partial charge in [-0.15, -0.1) is 0 Å². The Hall–Kier alpha value is -0.180. The summed E-state index contributed by atoms with van der Waals surface area (Å²) < 4.78 is 4.64. The molecule has 1 saturated heterocycles. The molecule has 0 amide bonds. The predicted octanol–water partition coefficient (Wildman–Crippen LogP) is 6.12. The number of methoxy groups -OCH3 is 1. The van der Waals surface area contributed by atoms with Gasteiger partial charge in [-0.1, -0.05) is 77.6 Å². The lowest BCUT2D eigenvalue weighted by atomic mass is 10.0. The second kappa shape index (κ2) is 13.3. The smallest absolute Gasteiger partial charge is 0.305 e. The molecule has 0 N–H and O–H groups in total. The molecular formula is C19H36O2S. The Morgan fingerprint density at radius 3 is 1.64 bits per heavy atom. The van der Waals surface area contributed by atoms with Crippen molar-refractivity contribution in [3.63, 3.8) is 0 Å². The molecule has 130 valence electrons. The van der Waals surface area contributed by atoms with Crippen molar-refractivity contribution < 1.29 is 9.53 Å². The molecule has 0 aliphatic carbocycles. The number of esters is 1. The highest BCUT2D eigenvalue weighted by molar-refractivity contribution is 8.07. The van der Waals surface area contributed by atoms with Crippen LogP contribution in [0.25, 0.3) is 0 Å². The maximum Gasteiger partial charge on any atom is 0.305 e. The van der Waals surface area contributed by atoms with Gasteiger partial charge in [0.2, 0.25) is 0 Å². The van der Waals surface area contributed by atoms with Crippen LogP contribution in [0.15, 0.2) is 0 Å². The molecule has 0 bridgehead atoms. The SMILES string of the molecule is COC(=O)CCCCCCCCCCCCCCC1SC1C. The number of carbonyl (C=O) groups is 1. The first-order valence-corrected chi connectivity index (χ1v) is 10.4. The first kappa shape index (κ1) is 19.9. The summed E-state index contributed by atoms with van der Waals surface area (Å²) in [4.78, 5) is 10.9. The minimum atomic E-state index is -0.0644. The van der Waals surface area contributed by atoms with E-state index in [1.807, 2.05) is 0 Å². The summed E-state index contributed by atoms with van der Waals surface area (Å²) in [5, 5.41) is 1.97. The Balaban J connectivity index is 1.65. The Labute approximate surface area is 142 Å². The Kier molecular flexibility index (Phi) is 12.0. The van der Waals surface area contributed by atoms with Crippen LogP contribution >= 0.6 is 11.8 Å². The first-order valence-electron chi connectivity index (χ1n) is 9.46. The summed E-state index contributed by atoms with van der Waals surface area (Å²) in [5.41, 5.74) is 0. The molecule has 1 heterocycles. The molecule has 3 heteroatoms. The van der Waals surface area contributed by atoms with Crippen molar-refractivity contribution >= 4 is 17.7 Å². The number of hydrogen-bond donors (Lipinski definition) is 0. The van der Waals surface area contributed by atoms with E-state index in [1.54, 1.807) is 0 Å². The summed E-state index contributed by atoms with van der Waals surface area (Å²) in [6.45, 7) is 2.36. The molecule has 1 rings (SSSR count). The van der Waals surface area contributed by atoms with Crippen molar-refractivity contribution in [1.29, 1.82) is 0 Å². The van der Waals surface area contributed by atoms with E-state index in [-0.39, 0.29) is 5.97 Å². The normalized spacial score (nSPS) is 20.1. The highest BCUT2D eigenvalue weighted by atomic mass is 32.2. The molecule has 0 aromatic rings. The largest absolute Gasteiger partial charge is 0.469 e. The number of unbranched alkanes of at least 4 members (excludes halogenated alkanes) is 11. The first-order chi connectivity index (χ1) is 10.7. The molecule has 0 radical (unpaired) electrons. The molecule has 0 aromatic heterocycles. The van der Waals surface area contributed by atoms with Gasteiger partial charge in [0, 0.05) is 16.9 Å². The van der Waals surface area contributed by atoms with Gasteiger partial charge in [-0.25, -0.2) is 0 Å². The van der Waals surface area contributed by atoms with Crippen LogP contribution in [0.3, 0.4) is 0 Å². The van der Waals surface area contributed by atoms with E-state index in [4.69, 9.17) is 0 Å². The lowest BCUT2D eigenvalue weighted by molar-refractivity contribution is -0.140. The van der Waals surface area contributed by atoms with Crippen LogP contribution in [0.5, 0.6) is 0 Å². The summed E-state index contributed by atoms with van der Waals surface area (Å²) >= 11 is 2.16. The van der Waals surface area contributed by atoms with E-state index < -0.39 is 0 Å². The number of rotatable bonds is 15. The number of carbonyl (C=O) groups excluding carboxylic acids is 1. The number of thioether (sulfide) groups is 1. The molecule has 2 unspecified atom stereocenters. The number of ether oxygens (including phenoxy) is 1.